The molecule has 0 fully saturated rings. The van der Waals surface area contributed by atoms with Crippen LogP contribution in [0.5, 0.6) is 0 Å². The highest BCUT2D eigenvalue weighted by Crippen LogP contribution is 2.32. The second-order valence-electron chi connectivity index (χ2n) is 5.48. The lowest BCUT2D eigenvalue weighted by Gasteiger charge is -2.05. The van der Waals surface area contributed by atoms with Crippen molar-refractivity contribution in [1.29, 1.82) is 0 Å². The van der Waals surface area contributed by atoms with Gasteiger partial charge in [0.15, 0.2) is 0 Å². The lowest BCUT2D eigenvalue weighted by Crippen LogP contribution is -2.20. The zero-order chi connectivity index (χ0) is 19.4. The maximum atomic E-state index is 12.1. The van der Waals surface area contributed by atoms with E-state index in [9.17, 15) is 4.79 Å². The van der Waals surface area contributed by atoms with Crippen LogP contribution in [0.2, 0.25) is 5.02 Å². The molecular weight excluding hydrogens is 583 g/mol. The van der Waals surface area contributed by atoms with Gasteiger partial charge in [-0.1, -0.05) is 23.7 Å². The topological polar surface area (TPSA) is 59.3 Å². The number of benzene rings is 1. The van der Waals surface area contributed by atoms with Gasteiger partial charge in [0.1, 0.15) is 0 Å². The summed E-state index contributed by atoms with van der Waals surface area (Å²) >= 11 is 17.8. The number of hydrogen-bond acceptors (Lipinski definition) is 4. The first kappa shape index (κ1) is 20.7. The molecule has 0 atom stereocenters. The van der Waals surface area contributed by atoms with Crippen molar-refractivity contribution in [1.82, 2.24) is 15.2 Å². The average molecular weight is 596 g/mol. The predicted molar refractivity (Wildman–Crippen MR) is 120 cm³/mol. The maximum Gasteiger partial charge on any atom is 0.244 e. The van der Waals surface area contributed by atoms with Crippen molar-refractivity contribution in [3.8, 4) is 0 Å². The van der Waals surface area contributed by atoms with E-state index in [1.54, 1.807) is 17.1 Å². The van der Waals surface area contributed by atoms with Crippen LogP contribution in [0.4, 0.5) is 0 Å². The lowest BCUT2D eigenvalue weighted by molar-refractivity contribution is -0.120. The minimum absolute atomic E-state index is 0.197. The number of nitrogens with one attached hydrogen (secondary N) is 1. The van der Waals surface area contributed by atoms with Gasteiger partial charge >= 0.3 is 0 Å². The molecule has 2 aromatic heterocycles. The van der Waals surface area contributed by atoms with E-state index in [1.165, 1.54) is 11.3 Å². The minimum Gasteiger partial charge on any atom is -0.273 e. The molecule has 0 unspecified atom stereocenters. The molecule has 27 heavy (non-hydrogen) atoms. The van der Waals surface area contributed by atoms with Crippen molar-refractivity contribution in [3.63, 3.8) is 0 Å². The standard InChI is InChI=1S/C17H12Br3ClN4OS/c18-13-7-23-25(9-10-1-3-12(21)4-2-10)14(13)8-22-24-16(26)6-11-5-15(19)27-17(11)20/h1-5,7-8H,6,9H2,(H,24,26)/b22-8+. The quantitative estimate of drug-likeness (QED) is 0.297. The SMILES string of the molecule is O=C(Cc1cc(Br)sc1Br)N/N=C/c1c(Br)cnn1Cc1ccc(Cl)cc1. The Morgan fingerprint density at radius 2 is 2.04 bits per heavy atom. The Bertz CT molecular complexity index is 985. The zero-order valence-corrected chi connectivity index (χ0v) is 20.0. The Hall–Kier alpha value is -1.00. The molecule has 0 aliphatic rings. The van der Waals surface area contributed by atoms with Gasteiger partial charge in [-0.2, -0.15) is 10.2 Å². The Morgan fingerprint density at radius 3 is 2.70 bits per heavy atom. The van der Waals surface area contributed by atoms with Gasteiger partial charge in [0.2, 0.25) is 5.91 Å². The van der Waals surface area contributed by atoms with Gasteiger partial charge in [-0.15, -0.1) is 11.3 Å². The Kier molecular flexibility index (Phi) is 7.27. The number of aromatic nitrogens is 2. The van der Waals surface area contributed by atoms with E-state index in [0.717, 1.165) is 28.9 Å². The first-order chi connectivity index (χ1) is 12.9. The van der Waals surface area contributed by atoms with Gasteiger partial charge in [-0.05, 0) is 77.1 Å². The van der Waals surface area contributed by atoms with Crippen molar-refractivity contribution in [2.24, 2.45) is 5.10 Å². The molecule has 140 valence electrons. The van der Waals surface area contributed by atoms with Crippen LogP contribution in [0, 0.1) is 0 Å². The van der Waals surface area contributed by atoms with Crippen LogP contribution in [0.3, 0.4) is 0 Å². The highest BCUT2D eigenvalue weighted by Gasteiger charge is 2.11. The number of thiophene rings is 1. The molecule has 5 nitrogen and oxygen atoms in total. The summed E-state index contributed by atoms with van der Waals surface area (Å²) in [5.41, 5.74) is 5.27. The number of hydrazone groups is 1. The van der Waals surface area contributed by atoms with Gasteiger partial charge in [0.25, 0.3) is 0 Å². The number of hydrogen-bond donors (Lipinski definition) is 1. The highest BCUT2D eigenvalue weighted by atomic mass is 79.9. The highest BCUT2D eigenvalue weighted by molar-refractivity contribution is 9.12. The molecule has 0 bridgehead atoms. The van der Waals surface area contributed by atoms with Gasteiger partial charge < -0.3 is 0 Å². The monoisotopic (exact) mass is 592 g/mol. The van der Waals surface area contributed by atoms with Crippen molar-refractivity contribution in [2.75, 3.05) is 0 Å². The molecule has 0 spiro atoms. The molecule has 10 heteroatoms. The molecule has 0 saturated carbocycles. The third-order valence-electron chi connectivity index (χ3n) is 3.53. The lowest BCUT2D eigenvalue weighted by atomic mass is 10.2. The van der Waals surface area contributed by atoms with Crippen molar-refractivity contribution in [2.45, 2.75) is 13.0 Å². The van der Waals surface area contributed by atoms with Crippen LogP contribution in [0.25, 0.3) is 0 Å². The molecule has 0 aliphatic heterocycles. The van der Waals surface area contributed by atoms with Gasteiger partial charge in [0.05, 0.1) is 43.1 Å². The van der Waals surface area contributed by atoms with Crippen molar-refractivity contribution < 1.29 is 4.79 Å². The van der Waals surface area contributed by atoms with Crippen LogP contribution in [0.1, 0.15) is 16.8 Å². The van der Waals surface area contributed by atoms with Gasteiger partial charge in [-0.3, -0.25) is 9.48 Å². The predicted octanol–water partition coefficient (Wildman–Crippen LogP) is 5.63. The molecule has 3 rings (SSSR count). The summed E-state index contributed by atoms with van der Waals surface area (Å²) in [7, 11) is 0. The zero-order valence-electron chi connectivity index (χ0n) is 13.6. The van der Waals surface area contributed by atoms with E-state index >= 15 is 0 Å². The average Bonchev–Trinajstić information content (AvgIpc) is 3.12. The third kappa shape index (κ3) is 5.74. The van der Waals surface area contributed by atoms with E-state index in [2.05, 4.69) is 63.4 Å². The summed E-state index contributed by atoms with van der Waals surface area (Å²) in [5.74, 6) is -0.197. The van der Waals surface area contributed by atoms with Crippen molar-refractivity contribution in [3.05, 3.63) is 70.4 Å². The normalized spacial score (nSPS) is 11.3. The van der Waals surface area contributed by atoms with Crippen LogP contribution in [-0.2, 0) is 17.8 Å². The number of amides is 1. The summed E-state index contributed by atoms with van der Waals surface area (Å²) < 4.78 is 4.47. The molecule has 1 N–H and O–H groups in total. The van der Waals surface area contributed by atoms with Gasteiger partial charge in [0, 0.05) is 5.02 Å². The second-order valence-corrected chi connectivity index (χ2v) is 10.5. The molecule has 0 aliphatic carbocycles. The number of nitrogens with zero attached hydrogens (tertiary/aromatic N) is 3. The maximum absolute atomic E-state index is 12.1. The summed E-state index contributed by atoms with van der Waals surface area (Å²) in [6.45, 7) is 0.563. The largest absolute Gasteiger partial charge is 0.273 e. The Balaban J connectivity index is 1.64. The van der Waals surface area contributed by atoms with Crippen LogP contribution in [-0.4, -0.2) is 21.9 Å². The van der Waals surface area contributed by atoms with Gasteiger partial charge in [-0.25, -0.2) is 5.43 Å². The van der Waals surface area contributed by atoms with Crippen LogP contribution < -0.4 is 5.43 Å². The number of rotatable bonds is 6. The second kappa shape index (κ2) is 9.47. The number of carbonyl (C=O) groups is 1. The summed E-state index contributed by atoms with van der Waals surface area (Å²) in [4.78, 5) is 12.1. The third-order valence-corrected chi connectivity index (χ3v) is 6.86. The summed E-state index contributed by atoms with van der Waals surface area (Å²) in [6, 6.07) is 9.47. The van der Waals surface area contributed by atoms with E-state index in [-0.39, 0.29) is 12.3 Å². The molecular formula is C17H12Br3ClN4OS. The fourth-order valence-corrected chi connectivity index (χ4v) is 5.61. The fraction of sp³-hybridized carbons (Fsp3) is 0.118. The van der Waals surface area contributed by atoms with E-state index in [0.29, 0.717) is 11.6 Å². The Labute approximate surface area is 190 Å². The first-order valence-electron chi connectivity index (χ1n) is 7.63. The molecule has 2 heterocycles. The Morgan fingerprint density at radius 1 is 1.30 bits per heavy atom. The fourth-order valence-electron chi connectivity index (χ4n) is 2.26. The van der Waals surface area contributed by atoms with E-state index in [4.69, 9.17) is 11.6 Å². The molecule has 1 amide bonds. The summed E-state index contributed by atoms with van der Waals surface area (Å²) in [5, 5.41) is 9.09. The summed E-state index contributed by atoms with van der Waals surface area (Å²) in [6.07, 6.45) is 3.51. The number of carbonyl (C=O) groups excluding carboxylic acids is 1. The van der Waals surface area contributed by atoms with Crippen molar-refractivity contribution >= 4 is 82.8 Å². The molecule has 3 aromatic rings. The van der Waals surface area contributed by atoms with Crippen LogP contribution >= 0.6 is 70.7 Å². The smallest absolute Gasteiger partial charge is 0.244 e. The number of halogens is 4. The molecule has 1 aromatic carbocycles. The minimum atomic E-state index is -0.197. The first-order valence-corrected chi connectivity index (χ1v) is 11.2. The van der Waals surface area contributed by atoms with Crippen LogP contribution in [0.15, 0.2) is 53.7 Å². The van der Waals surface area contributed by atoms with E-state index in [1.807, 2.05) is 30.3 Å². The molecule has 0 radical (unpaired) electrons. The molecule has 0 saturated heterocycles. The van der Waals surface area contributed by atoms with E-state index < -0.39 is 0 Å².